The number of furan rings is 1. The van der Waals surface area contributed by atoms with E-state index < -0.39 is 6.04 Å². The van der Waals surface area contributed by atoms with Crippen molar-refractivity contribution in [3.8, 4) is 0 Å². The number of hydrogen-bond donors (Lipinski definition) is 1. The van der Waals surface area contributed by atoms with Crippen LogP contribution >= 0.6 is 0 Å². The molecule has 1 aliphatic heterocycles. The summed E-state index contributed by atoms with van der Waals surface area (Å²) < 4.78 is 5.11. The lowest BCUT2D eigenvalue weighted by Gasteiger charge is -2.29. The van der Waals surface area contributed by atoms with Gasteiger partial charge in [0.25, 0.3) is 5.91 Å². The first-order valence-corrected chi connectivity index (χ1v) is 9.35. The van der Waals surface area contributed by atoms with Crippen LogP contribution in [0.15, 0.2) is 22.8 Å². The van der Waals surface area contributed by atoms with E-state index in [4.69, 9.17) is 4.42 Å². The lowest BCUT2D eigenvalue weighted by atomic mass is 10.0. The third-order valence-corrected chi connectivity index (χ3v) is 4.72. The first-order chi connectivity index (χ1) is 12.8. The van der Waals surface area contributed by atoms with Crippen molar-refractivity contribution in [2.45, 2.75) is 26.3 Å². The molecule has 1 N–H and O–H groups in total. The number of nitrogens with one attached hydrogen (secondary N) is 1. The number of nitrogens with zero attached hydrogens (tertiary/aromatic N) is 3. The van der Waals surface area contributed by atoms with Crippen LogP contribution in [0.4, 0.5) is 0 Å². The summed E-state index contributed by atoms with van der Waals surface area (Å²) in [7, 11) is 3.48. The predicted molar refractivity (Wildman–Crippen MR) is 101 cm³/mol. The maximum atomic E-state index is 13.0. The molecule has 2 heterocycles. The Morgan fingerprint density at radius 1 is 1.19 bits per heavy atom. The van der Waals surface area contributed by atoms with Crippen LogP contribution in [-0.2, 0) is 9.59 Å². The largest absolute Gasteiger partial charge is 0.459 e. The molecule has 0 radical (unpaired) electrons. The maximum absolute atomic E-state index is 13.0. The Balaban J connectivity index is 1.97. The first-order valence-electron chi connectivity index (χ1n) is 9.35. The number of hydrogen-bond acceptors (Lipinski definition) is 5. The molecule has 1 atom stereocenters. The molecule has 1 aromatic heterocycles. The first kappa shape index (κ1) is 21.0. The molecule has 0 aromatic carbocycles. The van der Waals surface area contributed by atoms with Crippen LogP contribution in [0.3, 0.4) is 0 Å². The standard InChI is InChI=1S/C19H30N4O4/c1-14(2)17(20-18(25)15-7-5-12-27-15)19(26)23-9-6-8-22(10-11-23)13-16(24)21(3)4/h5,7,12,14,17H,6,8-11,13H2,1-4H3,(H,20,25). The molecule has 0 bridgehead atoms. The van der Waals surface area contributed by atoms with E-state index in [1.54, 1.807) is 36.0 Å². The van der Waals surface area contributed by atoms with Crippen LogP contribution < -0.4 is 5.32 Å². The van der Waals surface area contributed by atoms with E-state index in [1.807, 2.05) is 13.8 Å². The molecule has 8 nitrogen and oxygen atoms in total. The lowest BCUT2D eigenvalue weighted by Crippen LogP contribution is -2.52. The molecule has 1 aliphatic rings. The van der Waals surface area contributed by atoms with Gasteiger partial charge >= 0.3 is 0 Å². The smallest absolute Gasteiger partial charge is 0.287 e. The maximum Gasteiger partial charge on any atom is 0.287 e. The van der Waals surface area contributed by atoms with Gasteiger partial charge < -0.3 is 19.5 Å². The highest BCUT2D eigenvalue weighted by molar-refractivity contribution is 5.95. The monoisotopic (exact) mass is 378 g/mol. The Morgan fingerprint density at radius 3 is 2.52 bits per heavy atom. The Bertz CT molecular complexity index is 642. The summed E-state index contributed by atoms with van der Waals surface area (Å²) in [5.41, 5.74) is 0. The molecular weight excluding hydrogens is 348 g/mol. The highest BCUT2D eigenvalue weighted by Gasteiger charge is 2.30. The van der Waals surface area contributed by atoms with Crippen LogP contribution in [0.1, 0.15) is 30.8 Å². The second-order valence-electron chi connectivity index (χ2n) is 7.42. The normalized spacial score (nSPS) is 16.7. The fraction of sp³-hybridized carbons (Fsp3) is 0.632. The van der Waals surface area contributed by atoms with Gasteiger partial charge in [0.05, 0.1) is 12.8 Å². The van der Waals surface area contributed by atoms with Gasteiger partial charge in [-0.15, -0.1) is 0 Å². The van der Waals surface area contributed by atoms with E-state index in [0.29, 0.717) is 26.2 Å². The fourth-order valence-electron chi connectivity index (χ4n) is 3.01. The minimum atomic E-state index is -0.613. The number of carbonyl (C=O) groups excluding carboxylic acids is 3. The van der Waals surface area contributed by atoms with Crippen molar-refractivity contribution >= 4 is 17.7 Å². The summed E-state index contributed by atoms with van der Waals surface area (Å²) >= 11 is 0. The molecule has 2 rings (SSSR count). The van der Waals surface area contributed by atoms with E-state index in [0.717, 1.165) is 13.0 Å². The van der Waals surface area contributed by atoms with Gasteiger partial charge in [-0.25, -0.2) is 0 Å². The highest BCUT2D eigenvalue weighted by atomic mass is 16.3. The van der Waals surface area contributed by atoms with Gasteiger partial charge in [-0.3, -0.25) is 19.3 Å². The third kappa shape index (κ3) is 5.82. The van der Waals surface area contributed by atoms with Gasteiger partial charge in [0.2, 0.25) is 11.8 Å². The summed E-state index contributed by atoms with van der Waals surface area (Å²) in [6, 6.07) is 2.60. The Labute approximate surface area is 160 Å². The molecule has 150 valence electrons. The number of carbonyl (C=O) groups is 3. The van der Waals surface area contributed by atoms with Crippen molar-refractivity contribution in [2.24, 2.45) is 5.92 Å². The quantitative estimate of drug-likeness (QED) is 0.786. The van der Waals surface area contributed by atoms with Gasteiger partial charge in [0, 0.05) is 40.3 Å². The minimum Gasteiger partial charge on any atom is -0.459 e. The molecule has 1 unspecified atom stereocenters. The summed E-state index contributed by atoms with van der Waals surface area (Å²) in [6.07, 6.45) is 2.23. The van der Waals surface area contributed by atoms with Crippen molar-refractivity contribution < 1.29 is 18.8 Å². The van der Waals surface area contributed by atoms with Crippen molar-refractivity contribution in [1.82, 2.24) is 20.0 Å². The second-order valence-corrected chi connectivity index (χ2v) is 7.42. The summed E-state index contributed by atoms with van der Waals surface area (Å²) in [4.78, 5) is 42.7. The molecule has 8 heteroatoms. The van der Waals surface area contributed by atoms with Crippen LogP contribution in [0.5, 0.6) is 0 Å². The van der Waals surface area contributed by atoms with Crippen LogP contribution in [0, 0.1) is 5.92 Å². The number of amides is 3. The summed E-state index contributed by atoms with van der Waals surface area (Å²) in [6.45, 7) is 6.75. The fourth-order valence-corrected chi connectivity index (χ4v) is 3.01. The molecule has 0 spiro atoms. The minimum absolute atomic E-state index is 0.0499. The number of likely N-dealkylation sites (N-methyl/N-ethyl adjacent to an activating group) is 1. The topological polar surface area (TPSA) is 86.1 Å². The van der Waals surface area contributed by atoms with E-state index in [9.17, 15) is 14.4 Å². The zero-order chi connectivity index (χ0) is 20.0. The SMILES string of the molecule is CC(C)C(NC(=O)c1ccco1)C(=O)N1CCCN(CC(=O)N(C)C)CC1. The van der Waals surface area contributed by atoms with E-state index >= 15 is 0 Å². The predicted octanol–water partition coefficient (Wildman–Crippen LogP) is 0.657. The zero-order valence-corrected chi connectivity index (χ0v) is 16.6. The van der Waals surface area contributed by atoms with Crippen LogP contribution in [0.25, 0.3) is 0 Å². The van der Waals surface area contributed by atoms with Crippen molar-refractivity contribution in [3.63, 3.8) is 0 Å². The summed E-state index contributed by atoms with van der Waals surface area (Å²) in [5.74, 6) is -0.282. The second kappa shape index (κ2) is 9.55. The van der Waals surface area contributed by atoms with E-state index in [2.05, 4.69) is 10.2 Å². The Kier molecular flexibility index (Phi) is 7.41. The third-order valence-electron chi connectivity index (χ3n) is 4.72. The van der Waals surface area contributed by atoms with E-state index in [1.165, 1.54) is 6.26 Å². The van der Waals surface area contributed by atoms with E-state index in [-0.39, 0.29) is 29.4 Å². The van der Waals surface area contributed by atoms with Gasteiger partial charge in [0.15, 0.2) is 5.76 Å². The van der Waals surface area contributed by atoms with Crippen molar-refractivity contribution in [3.05, 3.63) is 24.2 Å². The molecule has 1 saturated heterocycles. The average Bonchev–Trinajstić information content (AvgIpc) is 3.06. The van der Waals surface area contributed by atoms with Crippen molar-refractivity contribution in [1.29, 1.82) is 0 Å². The highest BCUT2D eigenvalue weighted by Crippen LogP contribution is 2.12. The molecule has 3 amide bonds. The molecule has 0 saturated carbocycles. The van der Waals surface area contributed by atoms with Crippen LogP contribution in [0.2, 0.25) is 0 Å². The molecule has 0 aliphatic carbocycles. The molecule has 27 heavy (non-hydrogen) atoms. The molecule has 1 aromatic rings. The van der Waals surface area contributed by atoms with Gasteiger partial charge in [0.1, 0.15) is 6.04 Å². The average molecular weight is 378 g/mol. The summed E-state index contributed by atoms with van der Waals surface area (Å²) in [5, 5.41) is 2.80. The van der Waals surface area contributed by atoms with Gasteiger partial charge in [-0.05, 0) is 24.5 Å². The zero-order valence-electron chi connectivity index (χ0n) is 16.6. The Morgan fingerprint density at radius 2 is 1.93 bits per heavy atom. The van der Waals surface area contributed by atoms with Crippen molar-refractivity contribution in [2.75, 3.05) is 46.8 Å². The van der Waals surface area contributed by atoms with Gasteiger partial charge in [-0.2, -0.15) is 0 Å². The van der Waals surface area contributed by atoms with Gasteiger partial charge in [-0.1, -0.05) is 13.8 Å². The Hall–Kier alpha value is -2.35. The van der Waals surface area contributed by atoms with Crippen LogP contribution in [-0.4, -0.2) is 85.3 Å². The molecule has 1 fully saturated rings. The lowest BCUT2D eigenvalue weighted by molar-refractivity contribution is -0.134. The number of rotatable bonds is 6. The molecular formula is C19H30N4O4.